The molecule has 0 aliphatic heterocycles. The number of aryl methyl sites for hydroxylation is 1. The van der Waals surface area contributed by atoms with Crippen molar-refractivity contribution in [3.05, 3.63) is 30.4 Å². The summed E-state index contributed by atoms with van der Waals surface area (Å²) in [5, 5.41) is 2.85. The summed E-state index contributed by atoms with van der Waals surface area (Å²) in [6.07, 6.45) is 1.27. The summed E-state index contributed by atoms with van der Waals surface area (Å²) in [5.74, 6) is 0.583. The minimum atomic E-state index is -0.221. The zero-order chi connectivity index (χ0) is 16.0. The number of ether oxygens (including phenoxy) is 1. The molecule has 0 spiro atoms. The van der Waals surface area contributed by atoms with Gasteiger partial charge < -0.3 is 19.9 Å². The Bertz CT molecular complexity index is 512. The summed E-state index contributed by atoms with van der Waals surface area (Å²) < 4.78 is 5.38. The largest absolute Gasteiger partial charge is 0.496 e. The number of methoxy groups -OCH3 is 1. The van der Waals surface area contributed by atoms with E-state index in [1.807, 2.05) is 40.2 Å². The van der Waals surface area contributed by atoms with Gasteiger partial charge in [-0.3, -0.25) is 4.79 Å². The molecule has 0 aliphatic carbocycles. The summed E-state index contributed by atoms with van der Waals surface area (Å²) in [6.45, 7) is 7.20. The normalized spacial score (nSPS) is 10.4. The fourth-order valence-corrected chi connectivity index (χ4v) is 1.97. The van der Waals surface area contributed by atoms with Gasteiger partial charge in [-0.15, -0.1) is 0 Å². The Morgan fingerprint density at radius 2 is 2.00 bits per heavy atom. The predicted octanol–water partition coefficient (Wildman–Crippen LogP) is 2.13. The molecule has 21 heavy (non-hydrogen) atoms. The van der Waals surface area contributed by atoms with Crippen LogP contribution in [0.4, 0.5) is 11.4 Å². The highest BCUT2D eigenvalue weighted by Gasteiger charge is 2.13. The number of anilines is 2. The predicted molar refractivity (Wildman–Crippen MR) is 88.4 cm³/mol. The highest BCUT2D eigenvalue weighted by Crippen LogP contribution is 2.33. The zero-order valence-electron chi connectivity index (χ0n) is 13.6. The molecule has 1 aromatic rings. The molecule has 0 saturated heterocycles. The molecule has 5 heteroatoms. The average molecular weight is 291 g/mol. The van der Waals surface area contributed by atoms with Crippen LogP contribution in [-0.2, 0) is 4.79 Å². The van der Waals surface area contributed by atoms with E-state index in [0.717, 1.165) is 35.8 Å². The lowest BCUT2D eigenvalue weighted by atomic mass is 10.1. The smallest absolute Gasteiger partial charge is 0.247 e. The fraction of sp³-hybridized carbons (Fsp3) is 0.438. The average Bonchev–Trinajstić information content (AvgIpc) is 2.44. The maximum Gasteiger partial charge on any atom is 0.247 e. The van der Waals surface area contributed by atoms with Crippen molar-refractivity contribution in [1.29, 1.82) is 0 Å². The highest BCUT2D eigenvalue weighted by molar-refractivity contribution is 6.01. The summed E-state index contributed by atoms with van der Waals surface area (Å²) in [7, 11) is 7.71. The lowest BCUT2D eigenvalue weighted by molar-refractivity contribution is -0.111. The van der Waals surface area contributed by atoms with Crippen LogP contribution in [0.25, 0.3) is 0 Å². The van der Waals surface area contributed by atoms with Crippen molar-refractivity contribution in [2.45, 2.75) is 6.92 Å². The molecular formula is C16H25N3O2. The molecule has 0 fully saturated rings. The third kappa shape index (κ3) is 4.79. The Morgan fingerprint density at radius 1 is 1.33 bits per heavy atom. The van der Waals surface area contributed by atoms with Crippen LogP contribution in [0.2, 0.25) is 0 Å². The maximum atomic E-state index is 11.6. The number of likely N-dealkylation sites (N-methyl/N-ethyl adjacent to an activating group) is 2. The Kier molecular flexibility index (Phi) is 6.24. The number of carbonyl (C=O) groups excluding carboxylic acids is 1. The number of hydrogen-bond donors (Lipinski definition) is 1. The molecule has 5 nitrogen and oxygen atoms in total. The van der Waals surface area contributed by atoms with Crippen molar-refractivity contribution < 1.29 is 9.53 Å². The molecule has 1 amide bonds. The van der Waals surface area contributed by atoms with Gasteiger partial charge in [0.1, 0.15) is 5.75 Å². The van der Waals surface area contributed by atoms with Gasteiger partial charge in [-0.2, -0.15) is 0 Å². The van der Waals surface area contributed by atoms with E-state index in [4.69, 9.17) is 4.74 Å². The fourth-order valence-electron chi connectivity index (χ4n) is 1.97. The molecular weight excluding hydrogens is 266 g/mol. The van der Waals surface area contributed by atoms with Crippen LogP contribution in [0.15, 0.2) is 24.8 Å². The van der Waals surface area contributed by atoms with Crippen LogP contribution in [0.1, 0.15) is 5.56 Å². The number of nitrogens with zero attached hydrogens (tertiary/aromatic N) is 2. The van der Waals surface area contributed by atoms with Crippen LogP contribution in [0.5, 0.6) is 5.75 Å². The van der Waals surface area contributed by atoms with Crippen LogP contribution >= 0.6 is 0 Å². The van der Waals surface area contributed by atoms with E-state index in [1.54, 1.807) is 7.11 Å². The van der Waals surface area contributed by atoms with Crippen molar-refractivity contribution in [3.63, 3.8) is 0 Å². The first-order valence-electron chi connectivity index (χ1n) is 6.87. The molecule has 1 rings (SSSR count). The van der Waals surface area contributed by atoms with Crippen LogP contribution < -0.4 is 15.0 Å². The topological polar surface area (TPSA) is 44.8 Å². The lowest BCUT2D eigenvalue weighted by Crippen LogP contribution is -2.29. The van der Waals surface area contributed by atoms with Gasteiger partial charge in [0.25, 0.3) is 0 Å². The van der Waals surface area contributed by atoms with Gasteiger partial charge in [-0.25, -0.2) is 0 Å². The van der Waals surface area contributed by atoms with E-state index < -0.39 is 0 Å². The summed E-state index contributed by atoms with van der Waals surface area (Å²) in [6, 6.07) is 3.87. The molecule has 0 radical (unpaired) electrons. The van der Waals surface area contributed by atoms with E-state index in [9.17, 15) is 4.79 Å². The second kappa shape index (κ2) is 7.69. The van der Waals surface area contributed by atoms with Crippen LogP contribution in [0, 0.1) is 6.92 Å². The van der Waals surface area contributed by atoms with E-state index in [-0.39, 0.29) is 5.91 Å². The Balaban J connectivity index is 3.11. The Labute approximate surface area is 127 Å². The summed E-state index contributed by atoms with van der Waals surface area (Å²) >= 11 is 0. The molecule has 0 atom stereocenters. The number of benzene rings is 1. The van der Waals surface area contributed by atoms with Crippen molar-refractivity contribution in [3.8, 4) is 5.75 Å². The van der Waals surface area contributed by atoms with Gasteiger partial charge in [0, 0.05) is 26.2 Å². The molecule has 0 aliphatic rings. The van der Waals surface area contributed by atoms with Crippen molar-refractivity contribution >= 4 is 17.3 Å². The van der Waals surface area contributed by atoms with E-state index in [0.29, 0.717) is 0 Å². The van der Waals surface area contributed by atoms with E-state index in [1.165, 1.54) is 6.08 Å². The van der Waals surface area contributed by atoms with Gasteiger partial charge >= 0.3 is 0 Å². The number of nitrogens with one attached hydrogen (secondary N) is 1. The molecule has 0 saturated carbocycles. The molecule has 0 heterocycles. The Hall–Kier alpha value is -2.01. The van der Waals surface area contributed by atoms with Crippen molar-refractivity contribution in [1.82, 2.24) is 4.90 Å². The third-order valence-corrected chi connectivity index (χ3v) is 3.25. The second-order valence-corrected chi connectivity index (χ2v) is 5.26. The van der Waals surface area contributed by atoms with E-state index >= 15 is 0 Å². The molecule has 1 N–H and O–H groups in total. The SMILES string of the molecule is C=CC(=O)Nc1cc(C)c(OC)cc1N(C)CCN(C)C. The minimum Gasteiger partial charge on any atom is -0.496 e. The summed E-state index contributed by atoms with van der Waals surface area (Å²) in [4.78, 5) is 15.8. The lowest BCUT2D eigenvalue weighted by Gasteiger charge is -2.25. The van der Waals surface area contributed by atoms with Gasteiger partial charge in [0.2, 0.25) is 5.91 Å². The first-order valence-corrected chi connectivity index (χ1v) is 6.87. The monoisotopic (exact) mass is 291 g/mol. The highest BCUT2D eigenvalue weighted by atomic mass is 16.5. The minimum absolute atomic E-state index is 0.221. The van der Waals surface area contributed by atoms with Crippen molar-refractivity contribution in [2.75, 3.05) is 51.6 Å². The van der Waals surface area contributed by atoms with Gasteiger partial charge in [0.05, 0.1) is 18.5 Å². The quantitative estimate of drug-likeness (QED) is 0.782. The first-order chi connectivity index (χ1) is 9.88. The number of rotatable bonds is 7. The van der Waals surface area contributed by atoms with Crippen molar-refractivity contribution in [2.24, 2.45) is 0 Å². The number of carbonyl (C=O) groups is 1. The summed E-state index contributed by atoms with van der Waals surface area (Å²) in [5.41, 5.74) is 2.66. The molecule has 116 valence electrons. The van der Waals surface area contributed by atoms with Gasteiger partial charge in [-0.05, 0) is 38.7 Å². The van der Waals surface area contributed by atoms with Crippen LogP contribution in [0.3, 0.4) is 0 Å². The van der Waals surface area contributed by atoms with Gasteiger partial charge in [0.15, 0.2) is 0 Å². The second-order valence-electron chi connectivity index (χ2n) is 5.26. The Morgan fingerprint density at radius 3 is 2.52 bits per heavy atom. The van der Waals surface area contributed by atoms with E-state index in [2.05, 4.69) is 21.7 Å². The standard InChI is InChI=1S/C16H25N3O2/c1-7-16(20)17-13-10-12(2)15(21-6)11-14(13)19(5)9-8-18(3)4/h7,10-11H,1,8-9H2,2-6H3,(H,17,20). The molecule has 0 bridgehead atoms. The van der Waals surface area contributed by atoms with Crippen LogP contribution in [-0.4, -0.2) is 52.1 Å². The molecule has 0 unspecified atom stereocenters. The molecule has 0 aromatic heterocycles. The number of amides is 1. The number of hydrogen-bond acceptors (Lipinski definition) is 4. The maximum absolute atomic E-state index is 11.6. The first kappa shape index (κ1) is 17.0. The molecule has 1 aromatic carbocycles. The third-order valence-electron chi connectivity index (χ3n) is 3.25. The van der Waals surface area contributed by atoms with Gasteiger partial charge in [-0.1, -0.05) is 6.58 Å². The zero-order valence-corrected chi connectivity index (χ0v) is 13.6.